The molecule has 6 rings (SSSR count). The zero-order valence-electron chi connectivity index (χ0n) is 43.6. The molecular weight excluding hydrogens is 938 g/mol. The highest BCUT2D eigenvalue weighted by atomic mass is 31.2. The maximum Gasteiger partial charge on any atom is 0.530 e. The lowest BCUT2D eigenvalue weighted by Crippen LogP contribution is -2.12. The Hall–Kier alpha value is -7.82. The molecule has 73 heavy (non-hydrogen) atoms. The number of anilines is 3. The van der Waals surface area contributed by atoms with Crippen LogP contribution < -0.4 is 29.5 Å². The zero-order chi connectivity index (χ0) is 53.4. The maximum atomic E-state index is 13.0. The highest BCUT2D eigenvalue weighted by Crippen LogP contribution is 2.43. The molecule has 0 fully saturated rings. The average molecular weight is 1000 g/mol. The van der Waals surface area contributed by atoms with Crippen LogP contribution in [0.5, 0.6) is 34.5 Å². The zero-order valence-corrected chi connectivity index (χ0v) is 44.5. The van der Waals surface area contributed by atoms with Crippen LogP contribution in [0.1, 0.15) is 112 Å². The molecule has 0 aliphatic rings. The van der Waals surface area contributed by atoms with Crippen LogP contribution in [0.25, 0.3) is 18.2 Å². The van der Waals surface area contributed by atoms with E-state index < -0.39 is 8.60 Å². The van der Waals surface area contributed by atoms with Gasteiger partial charge in [-0.05, 0) is 198 Å². The number of benzene rings is 6. The Morgan fingerprint density at radius 2 is 0.644 bits per heavy atom. The maximum absolute atomic E-state index is 13.0. The Kier molecular flexibility index (Phi) is 17.0. The van der Waals surface area contributed by atoms with E-state index >= 15 is 0 Å². The molecule has 0 aliphatic heterocycles. The van der Waals surface area contributed by atoms with Crippen molar-refractivity contribution in [2.24, 2.45) is 0 Å². The van der Waals surface area contributed by atoms with Gasteiger partial charge in [-0.2, -0.15) is 0 Å². The summed E-state index contributed by atoms with van der Waals surface area (Å²) in [6.07, 6.45) is 9.42. The van der Waals surface area contributed by atoms with Crippen molar-refractivity contribution in [2.75, 3.05) is 16.0 Å². The number of aromatic hydroxyl groups is 3. The molecule has 6 aromatic carbocycles. The highest BCUT2D eigenvalue weighted by Gasteiger charge is 2.24. The van der Waals surface area contributed by atoms with E-state index in [0.29, 0.717) is 34.3 Å². The van der Waals surface area contributed by atoms with E-state index in [9.17, 15) is 29.7 Å². The number of hydrogen-bond donors (Lipinski definition) is 6. The fourth-order valence-corrected chi connectivity index (χ4v) is 8.60. The molecule has 380 valence electrons. The van der Waals surface area contributed by atoms with Crippen LogP contribution in [0.3, 0.4) is 0 Å². The van der Waals surface area contributed by atoms with Crippen molar-refractivity contribution in [3.8, 4) is 34.5 Å². The summed E-state index contributed by atoms with van der Waals surface area (Å²) >= 11 is 0. The molecule has 0 bridgehead atoms. The second kappa shape index (κ2) is 22.7. The molecule has 0 saturated carbocycles. The molecule has 6 aromatic rings. The quantitative estimate of drug-likeness (QED) is 0.0432. The van der Waals surface area contributed by atoms with Gasteiger partial charge in [-0.15, -0.1) is 0 Å². The summed E-state index contributed by atoms with van der Waals surface area (Å²) < 4.78 is 18.8. The number of phenolic OH excluding ortho intramolecular Hbond substituents is 3. The molecule has 0 aliphatic carbocycles. The van der Waals surface area contributed by atoms with Crippen LogP contribution >= 0.6 is 8.60 Å². The lowest BCUT2D eigenvalue weighted by molar-refractivity contribution is -0.112. The number of phenols is 3. The predicted octanol–water partition coefficient (Wildman–Crippen LogP) is 14.3. The lowest BCUT2D eigenvalue weighted by atomic mass is 9.84. The number of carbonyl (C=O) groups excluding carboxylic acids is 3. The van der Waals surface area contributed by atoms with Crippen molar-refractivity contribution in [1.82, 2.24) is 0 Å². The summed E-state index contributed by atoms with van der Waals surface area (Å²) in [5.74, 6) is 0.863. The fraction of sp³-hybridized carbons (Fsp3) is 0.250. The second-order valence-corrected chi connectivity index (χ2v) is 22.0. The molecule has 0 saturated heterocycles. The van der Waals surface area contributed by atoms with Gasteiger partial charge < -0.3 is 44.8 Å². The number of aryl methyl sites for hydroxylation is 3. The summed E-state index contributed by atoms with van der Waals surface area (Å²) in [5.41, 5.74) is 7.62. The molecule has 6 N–H and O–H groups in total. The van der Waals surface area contributed by atoms with Crippen molar-refractivity contribution >= 4 is 61.6 Å². The van der Waals surface area contributed by atoms with Gasteiger partial charge in [-0.25, -0.2) is 0 Å². The van der Waals surface area contributed by atoms with Gasteiger partial charge in [0.25, 0.3) is 0 Å². The number of hydrogen-bond acceptors (Lipinski definition) is 9. The molecule has 3 amide bonds. The minimum Gasteiger partial charge on any atom is -0.507 e. The van der Waals surface area contributed by atoms with Gasteiger partial charge in [0, 0.05) is 52.0 Å². The van der Waals surface area contributed by atoms with Crippen molar-refractivity contribution in [2.45, 2.75) is 99.3 Å². The monoisotopic (exact) mass is 1000 g/mol. The first kappa shape index (κ1) is 54.5. The van der Waals surface area contributed by atoms with Gasteiger partial charge in [0.15, 0.2) is 0 Å². The van der Waals surface area contributed by atoms with E-state index in [1.165, 1.54) is 18.2 Å². The van der Waals surface area contributed by atoms with Crippen molar-refractivity contribution in [3.05, 3.63) is 177 Å². The van der Waals surface area contributed by atoms with Gasteiger partial charge in [0.2, 0.25) is 17.7 Å². The minimum atomic E-state index is -2.16. The second-order valence-electron chi connectivity index (χ2n) is 21.0. The highest BCUT2D eigenvalue weighted by molar-refractivity contribution is 7.43. The number of amides is 3. The molecule has 0 aromatic heterocycles. The Morgan fingerprint density at radius 3 is 0.863 bits per heavy atom. The molecule has 12 nitrogen and oxygen atoms in total. The van der Waals surface area contributed by atoms with E-state index in [1.807, 2.05) is 119 Å². The summed E-state index contributed by atoms with van der Waals surface area (Å²) in [6.45, 7) is 23.7. The predicted molar refractivity (Wildman–Crippen MR) is 296 cm³/mol. The van der Waals surface area contributed by atoms with Crippen LogP contribution in [0.4, 0.5) is 17.1 Å². The molecule has 0 atom stereocenters. The van der Waals surface area contributed by atoms with Crippen molar-refractivity contribution in [1.29, 1.82) is 0 Å². The van der Waals surface area contributed by atoms with Crippen LogP contribution in [0, 0.1) is 20.8 Å². The van der Waals surface area contributed by atoms with E-state index in [0.717, 1.165) is 50.1 Å². The van der Waals surface area contributed by atoms with Crippen LogP contribution in [-0.2, 0) is 30.6 Å². The summed E-state index contributed by atoms with van der Waals surface area (Å²) in [5, 5.41) is 40.4. The summed E-state index contributed by atoms with van der Waals surface area (Å²) in [4.78, 5) is 38.9. The van der Waals surface area contributed by atoms with E-state index in [4.69, 9.17) is 13.6 Å². The summed E-state index contributed by atoms with van der Waals surface area (Å²) in [6, 6.07) is 31.3. The third kappa shape index (κ3) is 15.3. The third-order valence-electron chi connectivity index (χ3n) is 11.6. The number of carbonyl (C=O) groups is 3. The van der Waals surface area contributed by atoms with Gasteiger partial charge in [-0.1, -0.05) is 62.3 Å². The standard InChI is InChI=1S/C60H66N3O9P/c1-37-31-40(34-49(55(37)67)58(4,5)6)13-28-52(64)61-43-16-22-46(23-17-43)70-73(71-47-24-18-44(19-25-47)62-53(65)29-14-41-32-38(2)56(68)50(35-41)59(7,8)9)72-48-26-20-45(21-27-48)63-54(66)30-15-42-33-39(3)57(69)51(36-42)60(10,11)12/h13-36,67-69H,1-12H3,(H,61,64)(H,62,65)(H,63,66)/b28-13-,29-14-,30-15-. The van der Waals surface area contributed by atoms with Crippen LogP contribution in [0.15, 0.2) is 127 Å². The minimum absolute atomic E-state index is 0.248. The first-order chi connectivity index (χ1) is 34.2. The fourth-order valence-electron chi connectivity index (χ4n) is 7.61. The first-order valence-corrected chi connectivity index (χ1v) is 24.9. The van der Waals surface area contributed by atoms with Gasteiger partial charge >= 0.3 is 8.60 Å². The van der Waals surface area contributed by atoms with E-state index in [-0.39, 0.29) is 51.2 Å². The normalized spacial score (nSPS) is 12.1. The first-order valence-electron chi connectivity index (χ1n) is 23.9. The molecule has 13 heteroatoms. The Morgan fingerprint density at radius 1 is 0.411 bits per heavy atom. The van der Waals surface area contributed by atoms with E-state index in [2.05, 4.69) is 16.0 Å². The molecular formula is C60H66N3O9P. The van der Waals surface area contributed by atoms with Gasteiger partial charge in [0.1, 0.15) is 34.5 Å². The van der Waals surface area contributed by atoms with Crippen LogP contribution in [-0.4, -0.2) is 33.0 Å². The molecule has 0 unspecified atom stereocenters. The van der Waals surface area contributed by atoms with E-state index in [1.54, 1.807) is 91.0 Å². The molecule has 0 heterocycles. The summed E-state index contributed by atoms with van der Waals surface area (Å²) in [7, 11) is -2.16. The third-order valence-corrected chi connectivity index (χ3v) is 12.7. The van der Waals surface area contributed by atoms with Gasteiger partial charge in [-0.3, -0.25) is 14.4 Å². The van der Waals surface area contributed by atoms with Crippen molar-refractivity contribution in [3.63, 3.8) is 0 Å². The Balaban J connectivity index is 1.14. The lowest BCUT2D eigenvalue weighted by Gasteiger charge is -2.22. The number of nitrogens with one attached hydrogen (secondary N) is 3. The average Bonchev–Trinajstić information content (AvgIpc) is 3.30. The van der Waals surface area contributed by atoms with Crippen molar-refractivity contribution < 1.29 is 43.3 Å². The van der Waals surface area contributed by atoms with Gasteiger partial charge in [0.05, 0.1) is 0 Å². The topological polar surface area (TPSA) is 176 Å². The molecule has 0 spiro atoms. The van der Waals surface area contributed by atoms with Crippen LogP contribution in [0.2, 0.25) is 0 Å². The smallest absolute Gasteiger partial charge is 0.507 e. The number of rotatable bonds is 15. The SMILES string of the molecule is Cc1cc(/C=C\C(=O)Nc2ccc(OP(Oc3ccc(NC(=O)/C=C\c4cc(C)c(O)c(C(C)(C)C)c4)cc3)Oc3ccc(NC(=O)/C=C\c4cc(C)c(O)c(C(C)(C)C)c4)cc3)cc2)cc(C(C)(C)C)c1O. The largest absolute Gasteiger partial charge is 0.530 e. The Labute approximate surface area is 430 Å². The Bertz CT molecular complexity index is 2730. The molecule has 0 radical (unpaired) electrons.